The molecule has 2 saturated heterocycles. The van der Waals surface area contributed by atoms with Crippen LogP contribution in [0.25, 0.3) is 44.2 Å². The molecule has 0 spiro atoms. The molecule has 7 heterocycles. The van der Waals surface area contributed by atoms with E-state index in [4.69, 9.17) is 36.0 Å². The minimum Gasteiger partial charge on any atom is -0.361 e. The highest BCUT2D eigenvalue weighted by Crippen LogP contribution is 2.38. The van der Waals surface area contributed by atoms with Crippen LogP contribution in [0, 0.1) is 15.4 Å². The minimum absolute atomic E-state index is 0.0463. The average molecular weight is 1050 g/mol. The zero-order valence-electron chi connectivity index (χ0n) is 38.7. The van der Waals surface area contributed by atoms with E-state index in [0.29, 0.717) is 65.9 Å². The average Bonchev–Trinajstić information content (AvgIpc) is 3.76. The number of halogens is 4. The number of ether oxygens (including phenoxy) is 2. The van der Waals surface area contributed by atoms with Gasteiger partial charge in [0.25, 0.3) is 5.56 Å². The fraction of sp³-hybridized carbons (Fsp3) is 0.543. The quantitative estimate of drug-likeness (QED) is 0.0635. The van der Waals surface area contributed by atoms with Gasteiger partial charge in [-0.25, -0.2) is 28.7 Å². The molecule has 4 atom stereocenters. The van der Waals surface area contributed by atoms with Gasteiger partial charge in [0.05, 0.1) is 34.1 Å². The molecule has 8 rings (SSSR count). The molecule has 0 unspecified atom stereocenters. The van der Waals surface area contributed by atoms with Gasteiger partial charge in [-0.05, 0) is 71.5 Å². The normalized spacial score (nSPS) is 19.8. The van der Waals surface area contributed by atoms with Crippen LogP contribution in [0.2, 0.25) is 56.4 Å². The van der Waals surface area contributed by atoms with Crippen LogP contribution in [0.1, 0.15) is 26.7 Å². The van der Waals surface area contributed by atoms with Crippen molar-refractivity contribution in [3.05, 3.63) is 68.1 Å². The number of nitrogens with zero attached hydrogens (tertiary/aromatic N) is 9. The van der Waals surface area contributed by atoms with Crippen molar-refractivity contribution in [2.24, 2.45) is 18.9 Å². The lowest BCUT2D eigenvalue weighted by molar-refractivity contribution is 0.0897. The Hall–Kier alpha value is -3.50. The van der Waals surface area contributed by atoms with Crippen molar-refractivity contribution >= 4 is 95.1 Å². The molecular weight excluding hydrogens is 983 g/mol. The Kier molecular flexibility index (Phi) is 15.3. The molecule has 346 valence electrons. The Morgan fingerprint density at radius 2 is 1.27 bits per heavy atom. The summed E-state index contributed by atoms with van der Waals surface area (Å²) >= 11 is 9.17. The second-order valence-corrected chi connectivity index (χ2v) is 32.8. The smallest absolute Gasteiger partial charge is 0.258 e. The van der Waals surface area contributed by atoms with E-state index in [9.17, 15) is 13.6 Å². The minimum atomic E-state index is -1.23. The van der Waals surface area contributed by atoms with E-state index in [1.807, 2.05) is 63.4 Å². The van der Waals surface area contributed by atoms with Crippen LogP contribution in [0.5, 0.6) is 0 Å². The maximum absolute atomic E-state index is 14.5. The highest BCUT2D eigenvalue weighted by atomic mass is 127. The lowest BCUT2D eigenvalue weighted by Crippen LogP contribution is -2.41. The van der Waals surface area contributed by atoms with E-state index >= 15 is 0 Å². The highest BCUT2D eigenvalue weighted by Gasteiger charge is 2.29. The summed E-state index contributed by atoms with van der Waals surface area (Å²) in [4.78, 5) is 35.7. The van der Waals surface area contributed by atoms with Crippen LogP contribution in [0.4, 0.5) is 20.4 Å². The monoisotopic (exact) mass is 1050 g/mol. The topological polar surface area (TPSA) is 108 Å². The van der Waals surface area contributed by atoms with Crippen molar-refractivity contribution < 1.29 is 18.3 Å². The van der Waals surface area contributed by atoms with Crippen LogP contribution in [0.15, 0.2) is 54.0 Å². The maximum Gasteiger partial charge on any atom is 0.258 e. The molecular formula is C46H63ClF2IN9O3Si2. The molecule has 2 fully saturated rings. The first kappa shape index (κ1) is 48.4. The Labute approximate surface area is 395 Å². The number of aryl methyl sites for hydroxylation is 1. The number of hydrogen-bond donors (Lipinski definition) is 0. The molecule has 0 aliphatic carbocycles. The predicted octanol–water partition coefficient (Wildman–Crippen LogP) is 10.6. The lowest BCUT2D eigenvalue weighted by atomic mass is 9.97. The first-order valence-corrected chi connectivity index (χ1v) is 31.2. The van der Waals surface area contributed by atoms with Crippen LogP contribution < -0.4 is 15.4 Å². The molecule has 1 aromatic carbocycles. The van der Waals surface area contributed by atoms with Crippen molar-refractivity contribution in [1.82, 2.24) is 33.6 Å². The van der Waals surface area contributed by atoms with E-state index in [1.165, 1.54) is 4.57 Å². The predicted molar refractivity (Wildman–Crippen MR) is 271 cm³/mol. The maximum atomic E-state index is 14.5. The fourth-order valence-corrected chi connectivity index (χ4v) is 10.4. The number of benzene rings is 1. The molecule has 2 aliphatic heterocycles. The zero-order chi connectivity index (χ0) is 46.1. The molecule has 0 bridgehead atoms. The second kappa shape index (κ2) is 20.2. The number of pyridine rings is 1. The fourth-order valence-electron chi connectivity index (χ4n) is 7.87. The number of anilines is 2. The van der Waals surface area contributed by atoms with E-state index in [-0.39, 0.29) is 17.4 Å². The Morgan fingerprint density at radius 3 is 1.80 bits per heavy atom. The lowest BCUT2D eigenvalue weighted by Gasteiger charge is -2.33. The van der Waals surface area contributed by atoms with Crippen molar-refractivity contribution in [3.63, 3.8) is 0 Å². The summed E-state index contributed by atoms with van der Waals surface area (Å²) in [5.41, 5.74) is 4.54. The Balaban J connectivity index is 0.000000206. The summed E-state index contributed by atoms with van der Waals surface area (Å²) in [7, 11) is -0.602. The Bertz CT molecular complexity index is 2650. The molecule has 12 nitrogen and oxygen atoms in total. The van der Waals surface area contributed by atoms with E-state index < -0.39 is 28.5 Å². The number of hydrogen-bond acceptors (Lipinski definition) is 9. The molecule has 2 aliphatic rings. The molecule has 0 N–H and O–H groups in total. The third kappa shape index (κ3) is 11.4. The summed E-state index contributed by atoms with van der Waals surface area (Å²) < 4.78 is 47.1. The standard InChI is InChI=1S/C28H35ClFN5O2Si.C18H28FIN4OSi/c1-18-8-11-34(16-23(18)30)24-14-31-26-22(15-35(27(26)32-24)17-37-12-13-38(3,4)5)19-6-7-21-20(25(19)29)9-10-33(2)28(21)36;1-13-5-6-23(10-14(13)19)16-9-21-17-15(20)11-24(18(17)22-16)12-25-7-8-26(2,3)4/h6-7,9-10,14-15,18,23H,8,11-13,16-17H2,1-5H3;9,11,13-14H,5-8,10,12H2,1-4H3/t18-,23+;13-,14+/m00/s1. The van der Waals surface area contributed by atoms with Crippen LogP contribution in [0.3, 0.4) is 0 Å². The number of rotatable bonds is 13. The number of alkyl halides is 2. The van der Waals surface area contributed by atoms with Gasteiger partial charge in [0.2, 0.25) is 0 Å². The van der Waals surface area contributed by atoms with Gasteiger partial charge in [-0.1, -0.05) is 70.8 Å². The van der Waals surface area contributed by atoms with E-state index in [0.717, 1.165) is 76.3 Å². The van der Waals surface area contributed by atoms with Crippen LogP contribution in [-0.4, -0.2) is 102 Å². The third-order valence-corrected chi connectivity index (χ3v) is 17.0. The third-order valence-electron chi connectivity index (χ3n) is 12.4. The first-order chi connectivity index (χ1) is 30.3. The molecule has 0 saturated carbocycles. The van der Waals surface area contributed by atoms with Gasteiger partial charge in [0.15, 0.2) is 11.3 Å². The Morgan fingerprint density at radius 1 is 0.750 bits per heavy atom. The molecule has 18 heteroatoms. The number of aromatic nitrogens is 7. The largest absolute Gasteiger partial charge is 0.361 e. The van der Waals surface area contributed by atoms with E-state index in [2.05, 4.69) is 66.9 Å². The first-order valence-electron chi connectivity index (χ1n) is 22.4. The van der Waals surface area contributed by atoms with Crippen molar-refractivity contribution in [1.29, 1.82) is 0 Å². The van der Waals surface area contributed by atoms with Crippen LogP contribution in [-0.2, 0) is 30.0 Å². The van der Waals surface area contributed by atoms with Crippen molar-refractivity contribution in [2.45, 2.75) is 104 Å². The van der Waals surface area contributed by atoms with Gasteiger partial charge in [0.1, 0.15) is 48.5 Å². The van der Waals surface area contributed by atoms with Gasteiger partial charge in [-0.15, -0.1) is 0 Å². The number of fused-ring (bicyclic) bond motifs is 3. The van der Waals surface area contributed by atoms with Gasteiger partial charge in [-0.2, -0.15) is 0 Å². The summed E-state index contributed by atoms with van der Waals surface area (Å²) in [6.45, 7) is 22.5. The SMILES string of the molecule is C[C@H]1CCN(c2cnc3c(-c4ccc5c(=O)n(C)ccc5c4Cl)cn(COCC[Si](C)(C)C)c3n2)C[C@H]1F.C[C@H]1CCN(c2cnc3c(I)cn(COCC[Si](C)(C)C)c3n2)C[C@H]1F. The molecule has 64 heavy (non-hydrogen) atoms. The molecule has 0 radical (unpaired) electrons. The van der Waals surface area contributed by atoms with Gasteiger partial charge < -0.3 is 33.0 Å². The van der Waals surface area contributed by atoms with Crippen molar-refractivity contribution in [3.8, 4) is 11.1 Å². The summed E-state index contributed by atoms with van der Waals surface area (Å²) in [5, 5.41) is 1.76. The van der Waals surface area contributed by atoms with Gasteiger partial charge in [0, 0.05) is 90.0 Å². The highest BCUT2D eigenvalue weighted by molar-refractivity contribution is 14.1. The van der Waals surface area contributed by atoms with Gasteiger partial charge >= 0.3 is 0 Å². The summed E-state index contributed by atoms with van der Waals surface area (Å²) in [6.07, 6.45) is 9.13. The van der Waals surface area contributed by atoms with Crippen molar-refractivity contribution in [2.75, 3.05) is 49.2 Å². The van der Waals surface area contributed by atoms with Crippen LogP contribution >= 0.6 is 34.2 Å². The summed E-state index contributed by atoms with van der Waals surface area (Å²) in [5.74, 6) is 1.58. The number of piperidine rings is 2. The molecule has 0 amide bonds. The molecule has 5 aromatic heterocycles. The second-order valence-electron chi connectivity index (χ2n) is 20.0. The van der Waals surface area contributed by atoms with E-state index in [1.54, 1.807) is 25.6 Å². The van der Waals surface area contributed by atoms with Gasteiger partial charge in [-0.3, -0.25) is 4.79 Å². The zero-order valence-corrected chi connectivity index (χ0v) is 43.6. The molecule has 6 aromatic rings. The summed E-state index contributed by atoms with van der Waals surface area (Å²) in [6, 6.07) is 7.74.